The van der Waals surface area contributed by atoms with E-state index < -0.39 is 5.97 Å². The lowest BCUT2D eigenvalue weighted by Gasteiger charge is -2.38. The zero-order chi connectivity index (χ0) is 14.2. The van der Waals surface area contributed by atoms with E-state index in [1.807, 2.05) is 20.8 Å². The highest BCUT2D eigenvalue weighted by Gasteiger charge is 2.37. The van der Waals surface area contributed by atoms with E-state index in [1.165, 1.54) is 13.2 Å². The van der Waals surface area contributed by atoms with Gasteiger partial charge in [0.15, 0.2) is 0 Å². The molecule has 1 aromatic rings. The van der Waals surface area contributed by atoms with Crippen molar-refractivity contribution in [2.24, 2.45) is 0 Å². The minimum absolute atomic E-state index is 0.0271. The monoisotopic (exact) mass is 262 g/mol. The van der Waals surface area contributed by atoms with Gasteiger partial charge in [0, 0.05) is 18.5 Å². The number of carbonyl (C=O) groups excluding carboxylic acids is 2. The molecule has 0 N–H and O–H groups in total. The number of methoxy groups -OCH3 is 1. The van der Waals surface area contributed by atoms with Gasteiger partial charge in [0.1, 0.15) is 5.69 Å². The average Bonchev–Trinajstić information content (AvgIpc) is 2.41. The lowest BCUT2D eigenvalue weighted by molar-refractivity contribution is 0.0588. The third-order valence-corrected chi connectivity index (χ3v) is 3.42. The van der Waals surface area contributed by atoms with Crippen LogP contribution < -0.4 is 0 Å². The Hall–Kier alpha value is -1.91. The molecule has 1 aliphatic rings. The van der Waals surface area contributed by atoms with Crippen LogP contribution in [0.25, 0.3) is 0 Å². The summed E-state index contributed by atoms with van der Waals surface area (Å²) in [5.41, 5.74) is 1.21. The third kappa shape index (κ3) is 2.20. The molecule has 0 unspecified atom stereocenters. The van der Waals surface area contributed by atoms with Crippen molar-refractivity contribution in [1.82, 2.24) is 9.88 Å². The minimum Gasteiger partial charge on any atom is -0.464 e. The largest absolute Gasteiger partial charge is 0.464 e. The van der Waals surface area contributed by atoms with Gasteiger partial charge in [-0.1, -0.05) is 13.8 Å². The summed E-state index contributed by atoms with van der Waals surface area (Å²) in [4.78, 5) is 29.9. The molecule has 0 atom stereocenters. The normalized spacial score (nSPS) is 17.1. The van der Waals surface area contributed by atoms with Crippen molar-refractivity contribution in [3.05, 3.63) is 29.1 Å². The van der Waals surface area contributed by atoms with Crippen LogP contribution >= 0.6 is 0 Å². The number of ether oxygens (including phenoxy) is 1. The Morgan fingerprint density at radius 3 is 2.74 bits per heavy atom. The van der Waals surface area contributed by atoms with E-state index >= 15 is 0 Å². The fraction of sp³-hybridized carbons (Fsp3) is 0.500. The molecule has 2 heterocycles. The Kier molecular flexibility index (Phi) is 3.30. The molecular weight excluding hydrogens is 244 g/mol. The molecule has 2 rings (SSSR count). The van der Waals surface area contributed by atoms with Gasteiger partial charge in [0.2, 0.25) is 0 Å². The first-order valence-corrected chi connectivity index (χ1v) is 6.30. The molecule has 1 aliphatic heterocycles. The predicted molar refractivity (Wildman–Crippen MR) is 70.2 cm³/mol. The van der Waals surface area contributed by atoms with Crippen LogP contribution in [-0.2, 0) is 10.2 Å². The van der Waals surface area contributed by atoms with Crippen molar-refractivity contribution in [3.63, 3.8) is 0 Å². The van der Waals surface area contributed by atoms with E-state index in [1.54, 1.807) is 11.0 Å². The quantitative estimate of drug-likeness (QED) is 0.760. The van der Waals surface area contributed by atoms with Gasteiger partial charge in [-0.3, -0.25) is 4.79 Å². The number of hydrogen-bond donors (Lipinski definition) is 0. The molecule has 5 nitrogen and oxygen atoms in total. The Morgan fingerprint density at radius 2 is 2.16 bits per heavy atom. The van der Waals surface area contributed by atoms with Crippen molar-refractivity contribution in [3.8, 4) is 0 Å². The molecule has 1 amide bonds. The van der Waals surface area contributed by atoms with Gasteiger partial charge in [-0.05, 0) is 19.1 Å². The summed E-state index contributed by atoms with van der Waals surface area (Å²) in [6.07, 6.45) is 0. The molecule has 0 aromatic carbocycles. The van der Waals surface area contributed by atoms with E-state index in [9.17, 15) is 9.59 Å². The summed E-state index contributed by atoms with van der Waals surface area (Å²) in [7, 11) is 1.32. The SMILES string of the molecule is CCN1CC(C)(C)c2nc(C(=O)OC)ccc2C1=O. The fourth-order valence-corrected chi connectivity index (χ4v) is 2.42. The van der Waals surface area contributed by atoms with Crippen LogP contribution in [-0.4, -0.2) is 42.0 Å². The number of aromatic nitrogens is 1. The highest BCUT2D eigenvalue weighted by atomic mass is 16.5. The van der Waals surface area contributed by atoms with Crippen molar-refractivity contribution in [1.29, 1.82) is 0 Å². The number of amides is 1. The highest BCUT2D eigenvalue weighted by Crippen LogP contribution is 2.31. The second kappa shape index (κ2) is 4.64. The smallest absolute Gasteiger partial charge is 0.356 e. The highest BCUT2D eigenvalue weighted by molar-refractivity contribution is 5.98. The molecule has 0 radical (unpaired) electrons. The topological polar surface area (TPSA) is 59.5 Å². The van der Waals surface area contributed by atoms with E-state index in [0.29, 0.717) is 24.3 Å². The number of likely N-dealkylation sites (N-methyl/N-ethyl adjacent to an activating group) is 1. The number of fused-ring (bicyclic) bond motifs is 1. The maximum atomic E-state index is 12.3. The van der Waals surface area contributed by atoms with E-state index in [0.717, 1.165) is 0 Å². The standard InChI is InChI=1S/C14H18N2O3/c1-5-16-8-14(2,3)11-9(12(16)17)6-7-10(15-11)13(18)19-4/h6-7H,5,8H2,1-4H3. The summed E-state index contributed by atoms with van der Waals surface area (Å²) < 4.78 is 4.67. The second-order valence-corrected chi connectivity index (χ2v) is 5.29. The van der Waals surface area contributed by atoms with Gasteiger partial charge >= 0.3 is 5.97 Å². The molecule has 0 fully saturated rings. The first kappa shape index (κ1) is 13.5. The van der Waals surface area contributed by atoms with Crippen LogP contribution in [0.2, 0.25) is 0 Å². The molecule has 0 saturated carbocycles. The van der Waals surface area contributed by atoms with Gasteiger partial charge in [-0.2, -0.15) is 0 Å². The maximum Gasteiger partial charge on any atom is 0.356 e. The fourth-order valence-electron chi connectivity index (χ4n) is 2.42. The van der Waals surface area contributed by atoms with Crippen LogP contribution in [0.3, 0.4) is 0 Å². The number of pyridine rings is 1. The predicted octanol–water partition coefficient (Wildman–Crippen LogP) is 1.62. The van der Waals surface area contributed by atoms with Crippen LogP contribution in [0.4, 0.5) is 0 Å². The van der Waals surface area contributed by atoms with Gasteiger partial charge in [0.05, 0.1) is 18.4 Å². The molecule has 102 valence electrons. The Bertz CT molecular complexity index is 537. The number of hydrogen-bond acceptors (Lipinski definition) is 4. The molecule has 0 spiro atoms. The molecule has 19 heavy (non-hydrogen) atoms. The van der Waals surface area contributed by atoms with Gasteiger partial charge in [-0.15, -0.1) is 0 Å². The Balaban J connectivity index is 2.54. The number of nitrogens with zero attached hydrogens (tertiary/aromatic N) is 2. The molecule has 5 heteroatoms. The lowest BCUT2D eigenvalue weighted by Crippen LogP contribution is -2.47. The molecule has 0 saturated heterocycles. The lowest BCUT2D eigenvalue weighted by atomic mass is 9.81. The van der Waals surface area contributed by atoms with Crippen molar-refractivity contribution in [2.45, 2.75) is 26.2 Å². The number of esters is 1. The third-order valence-electron chi connectivity index (χ3n) is 3.42. The first-order valence-electron chi connectivity index (χ1n) is 6.30. The van der Waals surface area contributed by atoms with Gasteiger partial charge < -0.3 is 9.64 Å². The summed E-state index contributed by atoms with van der Waals surface area (Å²) in [6, 6.07) is 3.21. The van der Waals surface area contributed by atoms with E-state index in [2.05, 4.69) is 9.72 Å². The molecule has 1 aromatic heterocycles. The molecule has 0 bridgehead atoms. The zero-order valence-corrected chi connectivity index (χ0v) is 11.7. The van der Waals surface area contributed by atoms with Gasteiger partial charge in [-0.25, -0.2) is 9.78 Å². The summed E-state index contributed by atoms with van der Waals surface area (Å²) in [5.74, 6) is -0.510. The minimum atomic E-state index is -0.482. The Labute approximate surface area is 112 Å². The number of carbonyl (C=O) groups is 2. The molecule has 0 aliphatic carbocycles. The summed E-state index contributed by atoms with van der Waals surface area (Å²) in [5, 5.41) is 0. The second-order valence-electron chi connectivity index (χ2n) is 5.29. The summed E-state index contributed by atoms with van der Waals surface area (Å²) in [6.45, 7) is 7.27. The van der Waals surface area contributed by atoms with Crippen molar-refractivity contribution >= 4 is 11.9 Å². The van der Waals surface area contributed by atoms with E-state index in [4.69, 9.17) is 0 Å². The zero-order valence-electron chi connectivity index (χ0n) is 11.7. The van der Waals surface area contributed by atoms with Crippen LogP contribution in [0.1, 0.15) is 47.3 Å². The van der Waals surface area contributed by atoms with E-state index in [-0.39, 0.29) is 17.0 Å². The van der Waals surface area contributed by atoms with Crippen LogP contribution in [0.15, 0.2) is 12.1 Å². The maximum absolute atomic E-state index is 12.3. The summed E-state index contributed by atoms with van der Waals surface area (Å²) >= 11 is 0. The first-order chi connectivity index (χ1) is 8.90. The van der Waals surface area contributed by atoms with Crippen molar-refractivity contribution in [2.75, 3.05) is 20.2 Å². The van der Waals surface area contributed by atoms with Crippen molar-refractivity contribution < 1.29 is 14.3 Å². The van der Waals surface area contributed by atoms with Crippen LogP contribution in [0, 0.1) is 0 Å². The average molecular weight is 262 g/mol. The van der Waals surface area contributed by atoms with Gasteiger partial charge in [0.25, 0.3) is 5.91 Å². The Morgan fingerprint density at radius 1 is 1.47 bits per heavy atom. The van der Waals surface area contributed by atoms with Crippen LogP contribution in [0.5, 0.6) is 0 Å². The number of rotatable bonds is 2. The molecular formula is C14H18N2O3.